The molecule has 1 amide bonds. The maximum atomic E-state index is 13.1. The van der Waals surface area contributed by atoms with Crippen LogP contribution in [0.3, 0.4) is 0 Å². The maximum absolute atomic E-state index is 13.1. The average Bonchev–Trinajstić information content (AvgIpc) is 3.16. The Morgan fingerprint density at radius 3 is 2.70 bits per heavy atom. The van der Waals surface area contributed by atoms with Crippen LogP contribution in [0.5, 0.6) is 5.75 Å². The van der Waals surface area contributed by atoms with Crippen molar-refractivity contribution in [1.82, 2.24) is 20.0 Å². The fraction of sp³-hybridized carbons (Fsp3) is 0.391. The number of nitrogens with zero attached hydrogens (tertiary/aromatic N) is 4. The van der Waals surface area contributed by atoms with Gasteiger partial charge in [0.05, 0.1) is 7.11 Å². The summed E-state index contributed by atoms with van der Waals surface area (Å²) in [6.45, 7) is 0.721. The summed E-state index contributed by atoms with van der Waals surface area (Å²) in [4.78, 5) is 23.7. The lowest BCUT2D eigenvalue weighted by Crippen LogP contribution is -2.35. The minimum atomic E-state index is -0.168. The Bertz CT molecular complexity index is 956. The lowest BCUT2D eigenvalue weighted by Gasteiger charge is -2.27. The highest BCUT2D eigenvalue weighted by atomic mass is 16.5. The first-order valence-electron chi connectivity index (χ1n) is 10.4. The average molecular weight is 406 g/mol. The molecule has 0 saturated carbocycles. The van der Waals surface area contributed by atoms with Gasteiger partial charge in [-0.05, 0) is 49.1 Å². The minimum absolute atomic E-state index is 0.126. The lowest BCUT2D eigenvalue weighted by molar-refractivity contribution is -0.134. The van der Waals surface area contributed by atoms with Crippen molar-refractivity contribution in [3.8, 4) is 17.1 Å². The zero-order valence-electron chi connectivity index (χ0n) is 17.2. The molecule has 1 aromatic carbocycles. The number of aryl methyl sites for hydroxylation is 1. The third-order valence-electron chi connectivity index (χ3n) is 5.53. The van der Waals surface area contributed by atoms with Gasteiger partial charge in [-0.1, -0.05) is 30.1 Å². The van der Waals surface area contributed by atoms with Crippen molar-refractivity contribution >= 4 is 5.91 Å². The number of carbonyl (C=O) groups excluding carboxylic acids is 1. The van der Waals surface area contributed by atoms with Crippen molar-refractivity contribution in [1.29, 1.82) is 0 Å². The predicted molar refractivity (Wildman–Crippen MR) is 112 cm³/mol. The second-order valence-electron chi connectivity index (χ2n) is 7.49. The number of aromatic nitrogens is 3. The SMILES string of the molecule is COc1ccc(CCC(=O)N2CCCCCC2c2nc(-c3ccncc3)no2)cc1. The second kappa shape index (κ2) is 9.52. The van der Waals surface area contributed by atoms with Crippen LogP contribution in [0.1, 0.15) is 49.6 Å². The van der Waals surface area contributed by atoms with E-state index in [1.165, 1.54) is 0 Å². The van der Waals surface area contributed by atoms with Crippen LogP contribution in [-0.2, 0) is 11.2 Å². The molecule has 0 N–H and O–H groups in total. The molecule has 1 aliphatic rings. The highest BCUT2D eigenvalue weighted by Gasteiger charge is 2.30. The Morgan fingerprint density at radius 1 is 1.13 bits per heavy atom. The van der Waals surface area contributed by atoms with Gasteiger partial charge in [0.15, 0.2) is 0 Å². The zero-order chi connectivity index (χ0) is 20.8. The molecule has 0 radical (unpaired) electrons. The molecule has 30 heavy (non-hydrogen) atoms. The molecule has 1 saturated heterocycles. The molecule has 1 aliphatic heterocycles. The van der Waals surface area contributed by atoms with Crippen molar-refractivity contribution < 1.29 is 14.1 Å². The van der Waals surface area contributed by atoms with Crippen molar-refractivity contribution in [3.05, 3.63) is 60.2 Å². The fourth-order valence-electron chi connectivity index (χ4n) is 3.84. The van der Waals surface area contributed by atoms with E-state index >= 15 is 0 Å². The van der Waals surface area contributed by atoms with Gasteiger partial charge >= 0.3 is 0 Å². The van der Waals surface area contributed by atoms with Crippen LogP contribution < -0.4 is 4.74 Å². The standard InChI is InChI=1S/C23H26N4O3/c1-29-19-9-6-17(7-10-19)8-11-21(28)27-16-4-2-3-5-20(27)23-25-22(26-30-23)18-12-14-24-15-13-18/h6-7,9-10,12-15,20H,2-5,8,11,16H2,1H3. The summed E-state index contributed by atoms with van der Waals surface area (Å²) in [5.41, 5.74) is 1.97. The number of ether oxygens (including phenoxy) is 1. The van der Waals surface area contributed by atoms with Gasteiger partial charge in [0.25, 0.3) is 0 Å². The van der Waals surface area contributed by atoms with E-state index in [2.05, 4.69) is 15.1 Å². The van der Waals surface area contributed by atoms with E-state index in [-0.39, 0.29) is 11.9 Å². The van der Waals surface area contributed by atoms with E-state index in [1.807, 2.05) is 41.3 Å². The van der Waals surface area contributed by atoms with Crippen LogP contribution in [-0.4, -0.2) is 39.6 Å². The van der Waals surface area contributed by atoms with Crippen molar-refractivity contribution in [2.75, 3.05) is 13.7 Å². The van der Waals surface area contributed by atoms with Gasteiger partial charge in [-0.2, -0.15) is 4.98 Å². The van der Waals surface area contributed by atoms with E-state index in [4.69, 9.17) is 9.26 Å². The number of pyridine rings is 1. The Hall–Kier alpha value is -3.22. The summed E-state index contributed by atoms with van der Waals surface area (Å²) in [6.07, 6.45) is 8.52. The number of rotatable bonds is 6. The summed E-state index contributed by atoms with van der Waals surface area (Å²) in [5.74, 6) is 1.99. The summed E-state index contributed by atoms with van der Waals surface area (Å²) >= 11 is 0. The number of carbonyl (C=O) groups is 1. The molecule has 1 unspecified atom stereocenters. The van der Waals surface area contributed by atoms with Crippen LogP contribution in [0.25, 0.3) is 11.4 Å². The molecule has 0 bridgehead atoms. The molecule has 3 aromatic rings. The molecule has 0 aliphatic carbocycles. The first kappa shape index (κ1) is 20.1. The van der Waals surface area contributed by atoms with Crippen LogP contribution in [0.2, 0.25) is 0 Å². The van der Waals surface area contributed by atoms with Gasteiger partial charge in [0, 0.05) is 30.9 Å². The van der Waals surface area contributed by atoms with E-state index in [9.17, 15) is 4.79 Å². The largest absolute Gasteiger partial charge is 0.497 e. The third kappa shape index (κ3) is 4.67. The summed E-state index contributed by atoms with van der Waals surface area (Å²) in [5, 5.41) is 4.13. The predicted octanol–water partition coefficient (Wildman–Crippen LogP) is 4.22. The first-order valence-corrected chi connectivity index (χ1v) is 10.4. The van der Waals surface area contributed by atoms with Gasteiger partial charge in [-0.3, -0.25) is 9.78 Å². The highest BCUT2D eigenvalue weighted by molar-refractivity contribution is 5.77. The smallest absolute Gasteiger partial charge is 0.249 e. The molecule has 3 heterocycles. The molecule has 156 valence electrons. The van der Waals surface area contributed by atoms with Gasteiger partial charge in [-0.25, -0.2) is 0 Å². The third-order valence-corrected chi connectivity index (χ3v) is 5.53. The Morgan fingerprint density at radius 2 is 1.93 bits per heavy atom. The van der Waals surface area contributed by atoms with Crippen LogP contribution >= 0.6 is 0 Å². The van der Waals surface area contributed by atoms with Crippen molar-refractivity contribution in [2.24, 2.45) is 0 Å². The summed E-state index contributed by atoms with van der Waals surface area (Å²) in [7, 11) is 1.65. The quantitative estimate of drug-likeness (QED) is 0.610. The van der Waals surface area contributed by atoms with E-state index in [0.717, 1.165) is 49.1 Å². The fourth-order valence-corrected chi connectivity index (χ4v) is 3.84. The number of hydrogen-bond acceptors (Lipinski definition) is 6. The molecular formula is C23H26N4O3. The number of benzene rings is 1. The van der Waals surface area contributed by atoms with Crippen LogP contribution in [0.15, 0.2) is 53.3 Å². The monoisotopic (exact) mass is 406 g/mol. The molecule has 4 rings (SSSR count). The summed E-state index contributed by atoms with van der Waals surface area (Å²) < 4.78 is 10.8. The Kier molecular flexibility index (Phi) is 6.37. The number of hydrogen-bond donors (Lipinski definition) is 0. The van der Waals surface area contributed by atoms with Crippen molar-refractivity contribution in [2.45, 2.75) is 44.6 Å². The Balaban J connectivity index is 1.47. The molecule has 0 spiro atoms. The highest BCUT2D eigenvalue weighted by Crippen LogP contribution is 2.31. The lowest BCUT2D eigenvalue weighted by atomic mass is 10.1. The normalized spacial score (nSPS) is 16.8. The number of likely N-dealkylation sites (tertiary alicyclic amines) is 1. The minimum Gasteiger partial charge on any atom is -0.497 e. The van der Waals surface area contributed by atoms with Gasteiger partial charge in [0.1, 0.15) is 11.8 Å². The maximum Gasteiger partial charge on any atom is 0.249 e. The van der Waals surface area contributed by atoms with Crippen LogP contribution in [0, 0.1) is 0 Å². The van der Waals surface area contributed by atoms with Gasteiger partial charge < -0.3 is 14.2 Å². The zero-order valence-corrected chi connectivity index (χ0v) is 17.2. The van der Waals surface area contributed by atoms with Crippen molar-refractivity contribution in [3.63, 3.8) is 0 Å². The van der Waals surface area contributed by atoms with E-state index in [0.29, 0.717) is 24.6 Å². The van der Waals surface area contributed by atoms with Crippen LogP contribution in [0.4, 0.5) is 0 Å². The molecule has 1 atom stereocenters. The number of methoxy groups -OCH3 is 1. The Labute approximate surface area is 176 Å². The molecule has 7 nitrogen and oxygen atoms in total. The number of amides is 1. The van der Waals surface area contributed by atoms with E-state index < -0.39 is 0 Å². The molecule has 1 fully saturated rings. The van der Waals surface area contributed by atoms with Gasteiger partial charge in [-0.15, -0.1) is 0 Å². The molecule has 2 aromatic heterocycles. The molecular weight excluding hydrogens is 380 g/mol. The van der Waals surface area contributed by atoms with Gasteiger partial charge in [0.2, 0.25) is 17.6 Å². The van der Waals surface area contributed by atoms with E-state index in [1.54, 1.807) is 19.5 Å². The molecule has 7 heteroatoms. The topological polar surface area (TPSA) is 81.4 Å². The second-order valence-corrected chi connectivity index (χ2v) is 7.49. The summed E-state index contributed by atoms with van der Waals surface area (Å²) in [6, 6.07) is 11.4. The first-order chi connectivity index (χ1) is 14.7.